The van der Waals surface area contributed by atoms with Crippen LogP contribution < -0.4 is 5.73 Å². The fraction of sp³-hybridized carbons (Fsp3) is 0.889. The molecule has 3 N–H and O–H groups in total. The lowest BCUT2D eigenvalue weighted by molar-refractivity contribution is 0.195. The van der Waals surface area contributed by atoms with Crippen molar-refractivity contribution in [2.24, 2.45) is 16.8 Å². The Balaban J connectivity index is 2.58. The summed E-state index contributed by atoms with van der Waals surface area (Å²) in [6, 6.07) is 0.435. The number of rotatable bonds is 1. The first kappa shape index (κ1) is 10.2. The molecule has 1 fully saturated rings. The van der Waals surface area contributed by atoms with E-state index in [0.29, 0.717) is 12.0 Å². The van der Waals surface area contributed by atoms with Crippen molar-refractivity contribution in [2.45, 2.75) is 38.6 Å². The van der Waals surface area contributed by atoms with Gasteiger partial charge in [0, 0.05) is 13.1 Å². The number of hydrogen-bond donors (Lipinski definition) is 2. The van der Waals surface area contributed by atoms with Crippen LogP contribution in [-0.4, -0.2) is 29.2 Å². The Bertz CT molecular complexity index is 193. The van der Waals surface area contributed by atoms with Crippen molar-refractivity contribution in [2.75, 3.05) is 7.05 Å². The van der Waals surface area contributed by atoms with Gasteiger partial charge in [0.25, 0.3) is 0 Å². The molecular weight excluding hydrogens is 166 g/mol. The van der Waals surface area contributed by atoms with Crippen LogP contribution in [0, 0.1) is 5.92 Å². The lowest BCUT2D eigenvalue weighted by atomic mass is 9.85. The summed E-state index contributed by atoms with van der Waals surface area (Å²) in [5.41, 5.74) is 5.54. The third-order valence-electron chi connectivity index (χ3n) is 3.03. The molecule has 76 valence electrons. The average molecular weight is 185 g/mol. The van der Waals surface area contributed by atoms with Gasteiger partial charge in [0.1, 0.15) is 0 Å². The van der Waals surface area contributed by atoms with Crippen LogP contribution >= 0.6 is 0 Å². The normalized spacial score (nSPS) is 30.2. The van der Waals surface area contributed by atoms with Gasteiger partial charge in [-0.05, 0) is 18.8 Å². The molecule has 0 saturated heterocycles. The van der Waals surface area contributed by atoms with E-state index >= 15 is 0 Å². The Kier molecular flexibility index (Phi) is 3.39. The summed E-state index contributed by atoms with van der Waals surface area (Å²) < 4.78 is 0. The van der Waals surface area contributed by atoms with Crippen molar-refractivity contribution in [3.8, 4) is 0 Å². The minimum absolute atomic E-state index is 0.221. The van der Waals surface area contributed by atoms with E-state index in [2.05, 4.69) is 12.1 Å². The number of hydrogen-bond acceptors (Lipinski definition) is 2. The zero-order valence-electron chi connectivity index (χ0n) is 8.40. The van der Waals surface area contributed by atoms with E-state index in [9.17, 15) is 0 Å². The van der Waals surface area contributed by atoms with E-state index in [4.69, 9.17) is 10.9 Å². The highest BCUT2D eigenvalue weighted by atomic mass is 16.4. The molecule has 0 bridgehead atoms. The molecule has 1 rings (SSSR count). The predicted molar refractivity (Wildman–Crippen MR) is 52.6 cm³/mol. The molecule has 0 heterocycles. The first-order valence-electron chi connectivity index (χ1n) is 4.87. The lowest BCUT2D eigenvalue weighted by Gasteiger charge is -2.36. The monoisotopic (exact) mass is 185 g/mol. The third kappa shape index (κ3) is 2.26. The highest BCUT2D eigenvalue weighted by molar-refractivity contribution is 5.77. The van der Waals surface area contributed by atoms with E-state index in [1.807, 2.05) is 11.9 Å². The SMILES string of the molecule is CC1CCCCC1N(C)C(N)=NO. The molecule has 4 heteroatoms. The van der Waals surface area contributed by atoms with Gasteiger partial charge in [0.05, 0.1) is 0 Å². The van der Waals surface area contributed by atoms with Gasteiger partial charge in [-0.15, -0.1) is 0 Å². The molecule has 0 spiro atoms. The Morgan fingerprint density at radius 2 is 2.08 bits per heavy atom. The van der Waals surface area contributed by atoms with Crippen molar-refractivity contribution in [3.05, 3.63) is 0 Å². The van der Waals surface area contributed by atoms with Crippen LogP contribution in [0.15, 0.2) is 5.16 Å². The number of nitrogens with zero attached hydrogens (tertiary/aromatic N) is 2. The molecule has 0 aromatic rings. The molecule has 0 radical (unpaired) electrons. The predicted octanol–water partition coefficient (Wildman–Crippen LogP) is 1.20. The molecule has 13 heavy (non-hydrogen) atoms. The van der Waals surface area contributed by atoms with Crippen molar-refractivity contribution < 1.29 is 5.21 Å². The second-order valence-electron chi connectivity index (χ2n) is 3.90. The van der Waals surface area contributed by atoms with Crippen LogP contribution in [0.3, 0.4) is 0 Å². The molecule has 0 amide bonds. The Morgan fingerprint density at radius 3 is 2.62 bits per heavy atom. The van der Waals surface area contributed by atoms with Crippen LogP contribution in [0.4, 0.5) is 0 Å². The minimum Gasteiger partial charge on any atom is -0.408 e. The van der Waals surface area contributed by atoms with Gasteiger partial charge >= 0.3 is 0 Å². The highest BCUT2D eigenvalue weighted by Gasteiger charge is 2.25. The number of oxime groups is 1. The maximum atomic E-state index is 8.54. The molecule has 1 aliphatic rings. The average Bonchev–Trinajstić information content (AvgIpc) is 2.16. The van der Waals surface area contributed by atoms with Gasteiger partial charge in [0.2, 0.25) is 5.96 Å². The maximum Gasteiger partial charge on any atom is 0.233 e. The van der Waals surface area contributed by atoms with Crippen molar-refractivity contribution in [1.29, 1.82) is 0 Å². The largest absolute Gasteiger partial charge is 0.408 e. The van der Waals surface area contributed by atoms with Crippen molar-refractivity contribution in [1.82, 2.24) is 4.90 Å². The molecule has 2 atom stereocenters. The summed E-state index contributed by atoms with van der Waals surface area (Å²) in [4.78, 5) is 1.88. The summed E-state index contributed by atoms with van der Waals surface area (Å²) in [5, 5.41) is 11.6. The smallest absolute Gasteiger partial charge is 0.233 e. The fourth-order valence-electron chi connectivity index (χ4n) is 2.11. The Labute approximate surface area is 79.4 Å². The zero-order chi connectivity index (χ0) is 9.84. The van der Waals surface area contributed by atoms with Gasteiger partial charge in [-0.25, -0.2) is 0 Å². The summed E-state index contributed by atoms with van der Waals surface area (Å²) in [7, 11) is 1.89. The topological polar surface area (TPSA) is 61.8 Å². The van der Waals surface area contributed by atoms with Gasteiger partial charge in [-0.3, -0.25) is 0 Å². The zero-order valence-corrected chi connectivity index (χ0v) is 8.40. The number of nitrogens with two attached hydrogens (primary N) is 1. The van der Waals surface area contributed by atoms with Gasteiger partial charge in [0.15, 0.2) is 0 Å². The standard InChI is InChI=1S/C9H19N3O/c1-7-5-3-4-6-8(7)12(2)9(10)11-13/h7-8,13H,3-6H2,1-2H3,(H2,10,11). The maximum absolute atomic E-state index is 8.54. The molecule has 0 aromatic heterocycles. The first-order valence-corrected chi connectivity index (χ1v) is 4.87. The van der Waals surface area contributed by atoms with E-state index in [0.717, 1.165) is 6.42 Å². The quantitative estimate of drug-likeness (QED) is 0.279. The van der Waals surface area contributed by atoms with Crippen LogP contribution in [0.1, 0.15) is 32.6 Å². The van der Waals surface area contributed by atoms with Gasteiger partial charge < -0.3 is 15.8 Å². The Hall–Kier alpha value is -0.930. The third-order valence-corrected chi connectivity index (χ3v) is 3.03. The van der Waals surface area contributed by atoms with E-state index in [1.165, 1.54) is 19.3 Å². The molecule has 1 saturated carbocycles. The van der Waals surface area contributed by atoms with E-state index in [1.54, 1.807) is 0 Å². The summed E-state index contributed by atoms with van der Waals surface area (Å²) in [6.07, 6.45) is 4.95. The van der Waals surface area contributed by atoms with Crippen LogP contribution in [0.5, 0.6) is 0 Å². The van der Waals surface area contributed by atoms with Gasteiger partial charge in [-0.2, -0.15) is 0 Å². The van der Waals surface area contributed by atoms with Crippen molar-refractivity contribution >= 4 is 5.96 Å². The van der Waals surface area contributed by atoms with Crippen LogP contribution in [0.2, 0.25) is 0 Å². The van der Waals surface area contributed by atoms with Gasteiger partial charge in [-0.1, -0.05) is 24.9 Å². The minimum atomic E-state index is 0.221. The van der Waals surface area contributed by atoms with Crippen LogP contribution in [0.25, 0.3) is 0 Å². The summed E-state index contributed by atoms with van der Waals surface area (Å²) >= 11 is 0. The Morgan fingerprint density at radius 1 is 1.46 bits per heavy atom. The fourth-order valence-corrected chi connectivity index (χ4v) is 2.11. The molecule has 4 nitrogen and oxygen atoms in total. The lowest BCUT2D eigenvalue weighted by Crippen LogP contribution is -2.46. The molecule has 2 unspecified atom stereocenters. The molecule has 1 aliphatic carbocycles. The number of guanidine groups is 1. The second-order valence-corrected chi connectivity index (χ2v) is 3.90. The molecule has 0 aromatic carbocycles. The summed E-state index contributed by atoms with van der Waals surface area (Å²) in [5.74, 6) is 0.859. The molecule has 0 aliphatic heterocycles. The highest BCUT2D eigenvalue weighted by Crippen LogP contribution is 2.26. The van der Waals surface area contributed by atoms with E-state index < -0.39 is 0 Å². The first-order chi connectivity index (χ1) is 6.16. The van der Waals surface area contributed by atoms with Crippen molar-refractivity contribution in [3.63, 3.8) is 0 Å². The van der Waals surface area contributed by atoms with Crippen LogP contribution in [-0.2, 0) is 0 Å². The summed E-state index contributed by atoms with van der Waals surface area (Å²) in [6.45, 7) is 2.23. The van der Waals surface area contributed by atoms with E-state index in [-0.39, 0.29) is 5.96 Å². The second kappa shape index (κ2) is 4.35. The molecular formula is C9H19N3O.